The third kappa shape index (κ3) is 5.63. The van der Waals surface area contributed by atoms with Gasteiger partial charge in [-0.1, -0.05) is 30.3 Å². The molecule has 0 bridgehead atoms. The average Bonchev–Trinajstić information content (AvgIpc) is 3.43. The van der Waals surface area contributed by atoms with Gasteiger partial charge >= 0.3 is 0 Å². The summed E-state index contributed by atoms with van der Waals surface area (Å²) in [4.78, 5) is 16.5. The number of fused-ring (bicyclic) bond motifs is 1. The summed E-state index contributed by atoms with van der Waals surface area (Å²) in [6.45, 7) is 1.42. The van der Waals surface area contributed by atoms with Crippen LogP contribution in [0.5, 0.6) is 5.75 Å². The van der Waals surface area contributed by atoms with Crippen LogP contribution in [0, 0.1) is 0 Å². The van der Waals surface area contributed by atoms with Gasteiger partial charge in [0.2, 0.25) is 5.91 Å². The van der Waals surface area contributed by atoms with Crippen molar-refractivity contribution >= 4 is 17.6 Å². The monoisotopic (exact) mass is 418 g/mol. The number of nitrogens with zero attached hydrogens (tertiary/aromatic N) is 3. The van der Waals surface area contributed by atoms with Gasteiger partial charge in [-0.2, -0.15) is 5.10 Å². The van der Waals surface area contributed by atoms with E-state index in [0.29, 0.717) is 19.0 Å². The molecule has 1 aliphatic heterocycles. The van der Waals surface area contributed by atoms with Gasteiger partial charge in [-0.3, -0.25) is 14.5 Å². The van der Waals surface area contributed by atoms with E-state index in [2.05, 4.69) is 32.1 Å². The lowest BCUT2D eigenvalue weighted by Gasteiger charge is -2.16. The van der Waals surface area contributed by atoms with Gasteiger partial charge in [-0.25, -0.2) is 0 Å². The van der Waals surface area contributed by atoms with Crippen LogP contribution in [0.2, 0.25) is 0 Å². The third-order valence-corrected chi connectivity index (χ3v) is 4.97. The van der Waals surface area contributed by atoms with Crippen LogP contribution in [0.1, 0.15) is 11.1 Å². The second-order valence-electron chi connectivity index (χ2n) is 7.31. The number of guanidine groups is 1. The van der Waals surface area contributed by atoms with Crippen molar-refractivity contribution in [3.63, 3.8) is 0 Å². The average molecular weight is 419 g/mol. The van der Waals surface area contributed by atoms with E-state index < -0.39 is 0 Å². The molecule has 0 radical (unpaired) electrons. The van der Waals surface area contributed by atoms with E-state index in [4.69, 9.17) is 4.74 Å². The molecule has 3 N–H and O–H groups in total. The number of hydrogen-bond donors (Lipinski definition) is 3. The fourth-order valence-electron chi connectivity index (χ4n) is 3.49. The van der Waals surface area contributed by atoms with Gasteiger partial charge in [-0.05, 0) is 35.4 Å². The van der Waals surface area contributed by atoms with E-state index in [1.54, 1.807) is 30.2 Å². The minimum absolute atomic E-state index is 0.0873. The predicted octanol–water partition coefficient (Wildman–Crippen LogP) is 2.19. The Kier molecular flexibility index (Phi) is 6.47. The van der Waals surface area contributed by atoms with Crippen LogP contribution in [-0.4, -0.2) is 41.3 Å². The van der Waals surface area contributed by atoms with Crippen LogP contribution < -0.4 is 20.7 Å². The lowest BCUT2D eigenvalue weighted by Crippen LogP contribution is -2.41. The molecule has 1 aliphatic rings. The van der Waals surface area contributed by atoms with Gasteiger partial charge in [0, 0.05) is 38.1 Å². The van der Waals surface area contributed by atoms with E-state index in [1.807, 2.05) is 42.5 Å². The Morgan fingerprint density at radius 3 is 2.90 bits per heavy atom. The first-order valence-electron chi connectivity index (χ1n) is 10.2. The first-order chi connectivity index (χ1) is 15.2. The number of amides is 1. The standard InChI is InChI=1S/C23H26N6O2/c1-24-23(26-15-20-13-18-7-2-3-9-21(18)31-20)25-14-17-6-4-8-19(12-17)28-22(30)16-29-11-5-10-27-29/h2-12,20H,13-16H2,1H3,(H,28,30)(H2,24,25,26). The van der Waals surface area contributed by atoms with E-state index >= 15 is 0 Å². The highest BCUT2D eigenvalue weighted by molar-refractivity contribution is 5.90. The van der Waals surface area contributed by atoms with Gasteiger partial charge in [0.15, 0.2) is 5.96 Å². The van der Waals surface area contributed by atoms with Crippen LogP contribution >= 0.6 is 0 Å². The number of hydrogen-bond acceptors (Lipinski definition) is 4. The molecule has 1 unspecified atom stereocenters. The first-order valence-corrected chi connectivity index (χ1v) is 10.2. The maximum atomic E-state index is 12.2. The highest BCUT2D eigenvalue weighted by atomic mass is 16.5. The molecule has 2 aromatic carbocycles. The minimum Gasteiger partial charge on any atom is -0.488 e. The number of aliphatic imine (C=N–C) groups is 1. The molecule has 8 heteroatoms. The van der Waals surface area contributed by atoms with Gasteiger partial charge in [0.1, 0.15) is 18.4 Å². The Bertz CT molecular complexity index is 1020. The Labute approximate surface area is 181 Å². The quantitative estimate of drug-likeness (QED) is 0.404. The molecule has 160 valence electrons. The number of aromatic nitrogens is 2. The maximum Gasteiger partial charge on any atom is 0.246 e. The normalized spacial score (nSPS) is 15.1. The van der Waals surface area contributed by atoms with Crippen molar-refractivity contribution in [2.45, 2.75) is 25.6 Å². The summed E-state index contributed by atoms with van der Waals surface area (Å²) < 4.78 is 7.55. The zero-order chi connectivity index (χ0) is 21.5. The smallest absolute Gasteiger partial charge is 0.246 e. The van der Waals surface area contributed by atoms with Crippen LogP contribution in [0.15, 0.2) is 72.0 Å². The predicted molar refractivity (Wildman–Crippen MR) is 120 cm³/mol. The minimum atomic E-state index is -0.121. The summed E-state index contributed by atoms with van der Waals surface area (Å²) >= 11 is 0. The Hall–Kier alpha value is -3.81. The van der Waals surface area contributed by atoms with Crippen molar-refractivity contribution in [2.75, 3.05) is 18.9 Å². The molecule has 1 aromatic heterocycles. The zero-order valence-electron chi connectivity index (χ0n) is 17.4. The van der Waals surface area contributed by atoms with Gasteiger partial charge in [-0.15, -0.1) is 0 Å². The fraction of sp³-hybridized carbons (Fsp3) is 0.261. The van der Waals surface area contributed by atoms with Gasteiger partial charge < -0.3 is 20.7 Å². The zero-order valence-corrected chi connectivity index (χ0v) is 17.4. The molecule has 4 rings (SSSR count). The molecule has 1 atom stereocenters. The van der Waals surface area contributed by atoms with E-state index in [-0.39, 0.29) is 18.6 Å². The number of carbonyl (C=O) groups excluding carboxylic acids is 1. The molecular formula is C23H26N6O2. The number of carbonyl (C=O) groups is 1. The van der Waals surface area contributed by atoms with E-state index in [9.17, 15) is 4.79 Å². The SMILES string of the molecule is CN=C(NCc1cccc(NC(=O)Cn2cccn2)c1)NCC1Cc2ccccc2O1. The number of rotatable bonds is 7. The molecular weight excluding hydrogens is 392 g/mol. The lowest BCUT2D eigenvalue weighted by atomic mass is 10.1. The van der Waals surface area contributed by atoms with Crippen molar-refractivity contribution in [1.29, 1.82) is 0 Å². The summed E-state index contributed by atoms with van der Waals surface area (Å²) in [5, 5.41) is 13.6. The molecule has 0 aliphatic carbocycles. The van der Waals surface area contributed by atoms with E-state index in [0.717, 1.165) is 23.4 Å². The fourth-order valence-corrected chi connectivity index (χ4v) is 3.49. The summed E-state index contributed by atoms with van der Waals surface area (Å²) in [5.74, 6) is 1.54. The van der Waals surface area contributed by atoms with Crippen LogP contribution in [0.4, 0.5) is 5.69 Å². The molecule has 3 aromatic rings. The summed E-state index contributed by atoms with van der Waals surface area (Å²) in [5.41, 5.74) is 3.02. The van der Waals surface area contributed by atoms with Crippen molar-refractivity contribution < 1.29 is 9.53 Å². The summed E-state index contributed by atoms with van der Waals surface area (Å²) in [7, 11) is 1.74. The Morgan fingerprint density at radius 1 is 1.19 bits per heavy atom. The number of para-hydroxylation sites is 1. The first kappa shape index (κ1) is 20.5. The molecule has 0 fully saturated rings. The molecule has 8 nitrogen and oxygen atoms in total. The molecule has 31 heavy (non-hydrogen) atoms. The van der Waals surface area contributed by atoms with Gasteiger partial charge in [0.05, 0.1) is 6.54 Å². The van der Waals surface area contributed by atoms with Crippen LogP contribution in [-0.2, 0) is 24.3 Å². The summed E-state index contributed by atoms with van der Waals surface area (Å²) in [6, 6.07) is 17.6. The number of ether oxygens (including phenoxy) is 1. The highest BCUT2D eigenvalue weighted by Crippen LogP contribution is 2.27. The summed E-state index contributed by atoms with van der Waals surface area (Å²) in [6.07, 6.45) is 4.39. The topological polar surface area (TPSA) is 92.6 Å². The molecule has 0 saturated heterocycles. The maximum absolute atomic E-state index is 12.2. The Balaban J connectivity index is 1.24. The van der Waals surface area contributed by atoms with Crippen LogP contribution in [0.3, 0.4) is 0 Å². The number of anilines is 1. The van der Waals surface area contributed by atoms with Crippen molar-refractivity contribution in [2.24, 2.45) is 4.99 Å². The van der Waals surface area contributed by atoms with E-state index in [1.165, 1.54) is 5.56 Å². The van der Waals surface area contributed by atoms with Crippen molar-refractivity contribution in [1.82, 2.24) is 20.4 Å². The van der Waals surface area contributed by atoms with Gasteiger partial charge in [0.25, 0.3) is 0 Å². The van der Waals surface area contributed by atoms with Crippen molar-refractivity contribution in [3.8, 4) is 5.75 Å². The Morgan fingerprint density at radius 2 is 2.10 bits per heavy atom. The van der Waals surface area contributed by atoms with Crippen LogP contribution in [0.25, 0.3) is 0 Å². The lowest BCUT2D eigenvalue weighted by molar-refractivity contribution is -0.116. The highest BCUT2D eigenvalue weighted by Gasteiger charge is 2.22. The molecule has 0 spiro atoms. The second-order valence-corrected chi connectivity index (χ2v) is 7.31. The van der Waals surface area contributed by atoms with Crippen molar-refractivity contribution in [3.05, 3.63) is 78.1 Å². The molecule has 1 amide bonds. The largest absolute Gasteiger partial charge is 0.488 e. The number of nitrogens with one attached hydrogen (secondary N) is 3. The number of benzene rings is 2. The second kappa shape index (κ2) is 9.80. The molecule has 2 heterocycles. The molecule has 0 saturated carbocycles. The third-order valence-electron chi connectivity index (χ3n) is 4.97.